The van der Waals surface area contributed by atoms with Crippen molar-refractivity contribution in [2.45, 2.75) is 36.8 Å². The van der Waals surface area contributed by atoms with Crippen LogP contribution in [0.5, 0.6) is 5.75 Å². The first-order chi connectivity index (χ1) is 17.5. The molecule has 1 aliphatic heterocycles. The summed E-state index contributed by atoms with van der Waals surface area (Å²) in [6, 6.07) is 11.8. The molecule has 198 valence electrons. The van der Waals surface area contributed by atoms with Crippen LogP contribution in [0.4, 0.5) is 4.39 Å². The fourth-order valence-electron chi connectivity index (χ4n) is 4.24. The van der Waals surface area contributed by atoms with E-state index >= 15 is 0 Å². The zero-order chi connectivity index (χ0) is 27.0. The van der Waals surface area contributed by atoms with Crippen molar-refractivity contribution in [3.8, 4) is 5.75 Å². The Morgan fingerprint density at radius 1 is 1.14 bits per heavy atom. The van der Waals surface area contributed by atoms with Gasteiger partial charge in [-0.3, -0.25) is 9.78 Å². The van der Waals surface area contributed by atoms with Gasteiger partial charge in [0, 0.05) is 18.2 Å². The summed E-state index contributed by atoms with van der Waals surface area (Å²) in [7, 11) is 1.46. The van der Waals surface area contributed by atoms with Gasteiger partial charge in [-0.15, -0.1) is 5.06 Å². The first kappa shape index (κ1) is 26.6. The molecule has 2 heterocycles. The van der Waals surface area contributed by atoms with E-state index in [0.717, 1.165) is 6.20 Å². The van der Waals surface area contributed by atoms with E-state index in [2.05, 4.69) is 0 Å². The second-order valence-electron chi connectivity index (χ2n) is 8.58. The number of benzene rings is 2. The van der Waals surface area contributed by atoms with Gasteiger partial charge < -0.3 is 35.1 Å². The highest BCUT2D eigenvalue weighted by atomic mass is 19.1. The molecular weight excluding hydrogens is 493 g/mol. The maximum absolute atomic E-state index is 14.2. The number of hydrogen-bond acceptors (Lipinski definition) is 10. The second kappa shape index (κ2) is 10.1. The molecule has 0 saturated carbocycles. The first-order valence-corrected chi connectivity index (χ1v) is 11.1. The quantitative estimate of drug-likeness (QED) is 0.163. The number of rotatable bonds is 8. The number of aliphatic hydroxyl groups excluding tert-OH is 2. The Hall–Kier alpha value is -3.43. The Bertz CT molecular complexity index is 1380. The van der Waals surface area contributed by atoms with Crippen molar-refractivity contribution in [2.24, 2.45) is 0 Å². The van der Waals surface area contributed by atoms with Crippen LogP contribution in [-0.4, -0.2) is 71.9 Å². The lowest BCUT2D eigenvalue weighted by molar-refractivity contribution is -0.413. The van der Waals surface area contributed by atoms with Gasteiger partial charge in [0.1, 0.15) is 23.8 Å². The van der Waals surface area contributed by atoms with Crippen molar-refractivity contribution in [1.82, 2.24) is 14.6 Å². The van der Waals surface area contributed by atoms with Crippen LogP contribution >= 0.6 is 0 Å². The minimum atomic E-state index is -3.22. The monoisotopic (exact) mass is 519 g/mol. The van der Waals surface area contributed by atoms with Crippen molar-refractivity contribution in [3.05, 3.63) is 98.1 Å². The molecule has 0 bridgehead atoms. The van der Waals surface area contributed by atoms with Crippen LogP contribution in [0.25, 0.3) is 0 Å². The largest absolute Gasteiger partial charge is 0.497 e. The molecule has 13 heteroatoms. The minimum absolute atomic E-state index is 0.101. The number of halogens is 1. The highest BCUT2D eigenvalue weighted by Crippen LogP contribution is 2.43. The van der Waals surface area contributed by atoms with Gasteiger partial charge in [0.2, 0.25) is 5.72 Å². The molecule has 0 spiro atoms. The van der Waals surface area contributed by atoms with Gasteiger partial charge in [-0.2, -0.15) is 0 Å². The van der Waals surface area contributed by atoms with Crippen LogP contribution in [0.3, 0.4) is 0 Å². The number of nitrogens with one attached hydrogen (secondary N) is 1. The Labute approximate surface area is 209 Å². The Kier molecular flexibility index (Phi) is 7.30. The lowest BCUT2D eigenvalue weighted by Crippen LogP contribution is -2.68. The third-order valence-electron chi connectivity index (χ3n) is 6.31. The van der Waals surface area contributed by atoms with Gasteiger partial charge in [-0.1, -0.05) is 30.3 Å². The summed E-state index contributed by atoms with van der Waals surface area (Å²) in [6.07, 6.45) is -3.28. The number of hydroxylamine groups is 2. The third-order valence-corrected chi connectivity index (χ3v) is 6.31. The van der Waals surface area contributed by atoms with Gasteiger partial charge in [0.05, 0.1) is 20.3 Å². The van der Waals surface area contributed by atoms with E-state index in [9.17, 15) is 39.6 Å². The summed E-state index contributed by atoms with van der Waals surface area (Å²) in [5.74, 6) is -3.33. The third kappa shape index (κ3) is 4.57. The molecule has 0 amide bonds. The van der Waals surface area contributed by atoms with E-state index < -0.39 is 54.1 Å². The van der Waals surface area contributed by atoms with Crippen LogP contribution in [-0.2, 0) is 23.6 Å². The van der Waals surface area contributed by atoms with Gasteiger partial charge in [0.25, 0.3) is 5.56 Å². The van der Waals surface area contributed by atoms with Crippen LogP contribution in [0.15, 0.2) is 64.3 Å². The van der Waals surface area contributed by atoms with E-state index in [4.69, 9.17) is 9.47 Å². The molecule has 37 heavy (non-hydrogen) atoms. The molecule has 0 radical (unpaired) electrons. The number of nitrogens with zero attached hydrogens (tertiary/aromatic N) is 2. The number of ether oxygens (including phenoxy) is 2. The summed E-state index contributed by atoms with van der Waals surface area (Å²) in [4.78, 5) is 27.2. The lowest BCUT2D eigenvalue weighted by Gasteiger charge is -2.42. The lowest BCUT2D eigenvalue weighted by atomic mass is 9.99. The van der Waals surface area contributed by atoms with Gasteiger partial charge >= 0.3 is 11.6 Å². The van der Waals surface area contributed by atoms with Crippen molar-refractivity contribution in [1.29, 1.82) is 0 Å². The molecule has 12 nitrogen and oxygen atoms in total. The topological polar surface area (TPSA) is 178 Å². The van der Waals surface area contributed by atoms with Gasteiger partial charge in [-0.05, 0) is 29.3 Å². The van der Waals surface area contributed by atoms with E-state index in [1.807, 2.05) is 4.98 Å². The second-order valence-corrected chi connectivity index (χ2v) is 8.58. The molecular formula is C24H26FN3O9. The van der Waals surface area contributed by atoms with Crippen molar-refractivity contribution >= 4 is 0 Å². The number of methoxy groups -OCH3 is 1. The Morgan fingerprint density at radius 2 is 1.81 bits per heavy atom. The molecule has 1 fully saturated rings. The average Bonchev–Trinajstić information content (AvgIpc) is 3.09. The SMILES string of the molecule is COc1ccc(CN(O)[C@@]2(O)[C@H](O)[C@@H](CO)O[C@]2(O)n2cc(Cc3ccccc3F)c(=O)[nH]c2=O)cc1. The number of H-pyrrole nitrogens is 1. The van der Waals surface area contributed by atoms with Crippen LogP contribution in [0, 0.1) is 5.82 Å². The van der Waals surface area contributed by atoms with Gasteiger partial charge in [-0.25, -0.2) is 13.8 Å². The Balaban J connectivity index is 1.78. The number of aromatic amines is 1. The standard InChI is InChI=1S/C24H26FN3O9/c1-36-17-8-6-14(7-9-17)11-28(35)23(33)20(30)19(13-29)37-24(23,34)27-12-16(21(31)26-22(27)32)10-15-4-2-3-5-18(15)25/h2-9,12,19-20,29-30,33-35H,10-11,13H2,1H3,(H,26,31,32)/t19-,20-,23-,24+/m1/s1. The molecule has 1 aromatic heterocycles. The van der Waals surface area contributed by atoms with Gasteiger partial charge in [0.15, 0.2) is 0 Å². The fraction of sp³-hybridized carbons (Fsp3) is 0.333. The molecule has 1 aliphatic rings. The van der Waals surface area contributed by atoms with E-state index in [1.54, 1.807) is 18.2 Å². The highest BCUT2D eigenvalue weighted by molar-refractivity contribution is 5.27. The van der Waals surface area contributed by atoms with Crippen molar-refractivity contribution in [3.63, 3.8) is 0 Å². The minimum Gasteiger partial charge on any atom is -0.497 e. The van der Waals surface area contributed by atoms with Crippen molar-refractivity contribution < 1.29 is 39.5 Å². The van der Waals surface area contributed by atoms with Crippen LogP contribution in [0.1, 0.15) is 16.7 Å². The van der Waals surface area contributed by atoms with Crippen molar-refractivity contribution in [2.75, 3.05) is 13.7 Å². The first-order valence-electron chi connectivity index (χ1n) is 11.1. The normalized spacial score (nSPS) is 25.5. The summed E-state index contributed by atoms with van der Waals surface area (Å²) >= 11 is 0. The molecule has 6 N–H and O–H groups in total. The molecule has 3 aromatic rings. The van der Waals surface area contributed by atoms with Crippen LogP contribution < -0.4 is 16.0 Å². The number of aromatic nitrogens is 2. The van der Waals surface area contributed by atoms with E-state index in [0.29, 0.717) is 15.9 Å². The summed E-state index contributed by atoms with van der Waals surface area (Å²) in [5, 5.41) is 54.5. The fourth-order valence-corrected chi connectivity index (χ4v) is 4.24. The number of hydrogen-bond donors (Lipinski definition) is 6. The highest BCUT2D eigenvalue weighted by Gasteiger charge is 2.70. The average molecular weight is 519 g/mol. The smallest absolute Gasteiger partial charge is 0.332 e. The summed E-state index contributed by atoms with van der Waals surface area (Å²) in [5.41, 5.74) is -5.00. The summed E-state index contributed by atoms with van der Waals surface area (Å²) in [6.45, 7) is -1.40. The zero-order valence-corrected chi connectivity index (χ0v) is 19.6. The predicted octanol–water partition coefficient (Wildman–Crippen LogP) is -0.790. The maximum Gasteiger partial charge on any atom is 0.332 e. The summed E-state index contributed by atoms with van der Waals surface area (Å²) < 4.78 is 24.9. The molecule has 0 aliphatic carbocycles. The molecule has 4 atom stereocenters. The van der Waals surface area contributed by atoms with E-state index in [-0.39, 0.29) is 22.6 Å². The Morgan fingerprint density at radius 3 is 2.43 bits per heavy atom. The molecule has 4 rings (SSSR count). The zero-order valence-electron chi connectivity index (χ0n) is 19.6. The molecule has 0 unspecified atom stereocenters. The number of aliphatic hydroxyl groups is 4. The van der Waals surface area contributed by atoms with E-state index in [1.165, 1.54) is 37.4 Å². The molecule has 2 aromatic carbocycles. The maximum atomic E-state index is 14.2. The predicted molar refractivity (Wildman–Crippen MR) is 124 cm³/mol. The molecule has 1 saturated heterocycles. The van der Waals surface area contributed by atoms with Crippen LogP contribution in [0.2, 0.25) is 0 Å².